The molecule has 0 spiro atoms. The smallest absolute Gasteiger partial charge is 0.198 e. The molecular weight excluding hydrogens is 259 g/mol. The summed E-state index contributed by atoms with van der Waals surface area (Å²) in [4.78, 5) is 4.47. The van der Waals surface area contributed by atoms with E-state index in [2.05, 4.69) is 4.98 Å². The number of nitrogens with two attached hydrogens (primary N) is 1. The third-order valence-electron chi connectivity index (χ3n) is 3.31. The van der Waals surface area contributed by atoms with Gasteiger partial charge in [0.1, 0.15) is 10.5 Å². The normalized spacial score (nSPS) is 17.1. The Labute approximate surface area is 109 Å². The summed E-state index contributed by atoms with van der Waals surface area (Å²) in [6, 6.07) is 1.71. The van der Waals surface area contributed by atoms with Crippen LogP contribution in [0.3, 0.4) is 0 Å². The van der Waals surface area contributed by atoms with Gasteiger partial charge in [0.15, 0.2) is 11.5 Å². The van der Waals surface area contributed by atoms with Crippen LogP contribution in [-0.4, -0.2) is 4.98 Å². The van der Waals surface area contributed by atoms with Gasteiger partial charge in [-0.25, -0.2) is 4.98 Å². The minimum atomic E-state index is 0.341. The van der Waals surface area contributed by atoms with Gasteiger partial charge >= 0.3 is 0 Å². The Hall–Kier alpha value is -0.930. The quantitative estimate of drug-likeness (QED) is 0.783. The second-order valence-electron chi connectivity index (χ2n) is 4.48. The number of fused-ring (bicyclic) bond motifs is 1. The second kappa shape index (κ2) is 4.07. The molecule has 0 unspecified atom stereocenters. The standard InChI is InChI=1S/C12H12Cl2N2O/c13-9-7(15)5-8-11(10(9)14)17-12(16-8)6-3-1-2-4-6/h5-6H,1-4,15H2. The lowest BCUT2D eigenvalue weighted by Gasteiger charge is -2.01. The highest BCUT2D eigenvalue weighted by molar-refractivity contribution is 6.46. The van der Waals surface area contributed by atoms with Gasteiger partial charge < -0.3 is 10.2 Å². The number of benzene rings is 1. The molecule has 2 aromatic rings. The fraction of sp³-hybridized carbons (Fsp3) is 0.417. The van der Waals surface area contributed by atoms with E-state index < -0.39 is 0 Å². The Morgan fingerprint density at radius 3 is 2.65 bits per heavy atom. The lowest BCUT2D eigenvalue weighted by Crippen LogP contribution is -1.91. The lowest BCUT2D eigenvalue weighted by molar-refractivity contribution is 0.474. The van der Waals surface area contributed by atoms with E-state index >= 15 is 0 Å². The van der Waals surface area contributed by atoms with Crippen LogP contribution in [0.1, 0.15) is 37.5 Å². The van der Waals surface area contributed by atoms with E-state index in [9.17, 15) is 0 Å². The van der Waals surface area contributed by atoms with Crippen LogP contribution < -0.4 is 5.73 Å². The van der Waals surface area contributed by atoms with Crippen molar-refractivity contribution in [3.05, 3.63) is 22.0 Å². The summed E-state index contributed by atoms with van der Waals surface area (Å²) < 4.78 is 5.74. The Morgan fingerprint density at radius 2 is 1.94 bits per heavy atom. The number of anilines is 1. The number of hydrogen-bond donors (Lipinski definition) is 1. The molecule has 1 aromatic heterocycles. The monoisotopic (exact) mass is 270 g/mol. The zero-order chi connectivity index (χ0) is 12.0. The molecule has 1 fully saturated rings. The highest BCUT2D eigenvalue weighted by atomic mass is 35.5. The maximum atomic E-state index is 6.11. The van der Waals surface area contributed by atoms with E-state index in [4.69, 9.17) is 33.4 Å². The molecule has 1 heterocycles. The van der Waals surface area contributed by atoms with E-state index in [1.54, 1.807) is 6.07 Å². The molecule has 5 heteroatoms. The van der Waals surface area contributed by atoms with Gasteiger partial charge in [-0.1, -0.05) is 36.0 Å². The number of aromatic nitrogens is 1. The fourth-order valence-corrected chi connectivity index (χ4v) is 2.77. The molecule has 0 aliphatic heterocycles. The van der Waals surface area contributed by atoms with Crippen molar-refractivity contribution in [1.82, 2.24) is 4.98 Å². The second-order valence-corrected chi connectivity index (χ2v) is 5.23. The maximum Gasteiger partial charge on any atom is 0.198 e. The summed E-state index contributed by atoms with van der Waals surface area (Å²) in [7, 11) is 0. The summed E-state index contributed by atoms with van der Waals surface area (Å²) in [5.74, 6) is 1.18. The molecule has 0 atom stereocenters. The van der Waals surface area contributed by atoms with E-state index in [1.807, 2.05) is 0 Å². The number of oxazole rings is 1. The van der Waals surface area contributed by atoms with Crippen LogP contribution in [0.15, 0.2) is 10.5 Å². The first-order valence-corrected chi connectivity index (χ1v) is 6.46. The zero-order valence-corrected chi connectivity index (χ0v) is 10.7. The van der Waals surface area contributed by atoms with E-state index in [0.29, 0.717) is 32.8 Å². The largest absolute Gasteiger partial charge is 0.439 e. The molecule has 3 nitrogen and oxygen atoms in total. The Kier molecular flexibility index (Phi) is 2.68. The molecule has 1 saturated carbocycles. The summed E-state index contributed by atoms with van der Waals surface area (Å²) in [6.07, 6.45) is 4.74. The van der Waals surface area contributed by atoms with Crippen LogP contribution in [0, 0.1) is 0 Å². The molecule has 2 N–H and O–H groups in total. The SMILES string of the molecule is Nc1cc2nc(C3CCCC3)oc2c(Cl)c1Cl. The first-order valence-electron chi connectivity index (χ1n) is 5.70. The van der Waals surface area contributed by atoms with Gasteiger partial charge in [0, 0.05) is 5.92 Å². The number of nitrogens with zero attached hydrogens (tertiary/aromatic N) is 1. The predicted molar refractivity (Wildman–Crippen MR) is 69.7 cm³/mol. The fourth-order valence-electron chi connectivity index (χ4n) is 2.39. The van der Waals surface area contributed by atoms with E-state index in [-0.39, 0.29) is 0 Å². The molecule has 1 aromatic carbocycles. The molecule has 0 amide bonds. The van der Waals surface area contributed by atoms with Crippen molar-refractivity contribution in [3.8, 4) is 0 Å². The number of halogens is 2. The van der Waals surface area contributed by atoms with Crippen molar-refractivity contribution in [2.45, 2.75) is 31.6 Å². The lowest BCUT2D eigenvalue weighted by atomic mass is 10.1. The summed E-state index contributed by atoms with van der Waals surface area (Å²) >= 11 is 12.1. The van der Waals surface area contributed by atoms with Gasteiger partial charge in [-0.3, -0.25) is 0 Å². The van der Waals surface area contributed by atoms with E-state index in [0.717, 1.165) is 18.7 Å². The minimum Gasteiger partial charge on any atom is -0.439 e. The molecular formula is C12H12Cl2N2O. The van der Waals surface area contributed by atoms with E-state index in [1.165, 1.54) is 12.8 Å². The Balaban J connectivity index is 2.15. The first-order chi connectivity index (χ1) is 8.16. The van der Waals surface area contributed by atoms with Crippen molar-refractivity contribution in [3.63, 3.8) is 0 Å². The Morgan fingerprint density at radius 1 is 1.24 bits per heavy atom. The minimum absolute atomic E-state index is 0.341. The molecule has 0 bridgehead atoms. The van der Waals surface area contributed by atoms with Crippen molar-refractivity contribution >= 4 is 40.0 Å². The maximum absolute atomic E-state index is 6.11. The van der Waals surface area contributed by atoms with Crippen LogP contribution in [0.25, 0.3) is 11.1 Å². The molecule has 90 valence electrons. The average Bonchev–Trinajstić information content (AvgIpc) is 2.93. The van der Waals surface area contributed by atoms with Crippen molar-refractivity contribution in [2.24, 2.45) is 0 Å². The van der Waals surface area contributed by atoms with Crippen LogP contribution >= 0.6 is 23.2 Å². The molecule has 0 saturated heterocycles. The molecule has 0 radical (unpaired) electrons. The molecule has 1 aliphatic carbocycles. The number of rotatable bonds is 1. The molecule has 3 rings (SSSR count). The van der Waals surface area contributed by atoms with Crippen LogP contribution in [0.5, 0.6) is 0 Å². The van der Waals surface area contributed by atoms with Crippen molar-refractivity contribution < 1.29 is 4.42 Å². The van der Waals surface area contributed by atoms with Gasteiger partial charge in [0.25, 0.3) is 0 Å². The predicted octanol–water partition coefficient (Wildman–Crippen LogP) is 4.37. The summed E-state index contributed by atoms with van der Waals surface area (Å²) in [6.45, 7) is 0. The third-order valence-corrected chi connectivity index (χ3v) is 4.18. The van der Waals surface area contributed by atoms with Gasteiger partial charge in [0.2, 0.25) is 0 Å². The van der Waals surface area contributed by atoms with Crippen molar-refractivity contribution in [1.29, 1.82) is 0 Å². The van der Waals surface area contributed by atoms with Gasteiger partial charge in [0.05, 0.1) is 10.7 Å². The highest BCUT2D eigenvalue weighted by Crippen LogP contribution is 2.40. The van der Waals surface area contributed by atoms with Crippen molar-refractivity contribution in [2.75, 3.05) is 5.73 Å². The van der Waals surface area contributed by atoms with Gasteiger partial charge in [-0.2, -0.15) is 0 Å². The van der Waals surface area contributed by atoms with Crippen LogP contribution in [0.2, 0.25) is 10.0 Å². The number of nitrogen functional groups attached to an aromatic ring is 1. The number of hydrogen-bond acceptors (Lipinski definition) is 3. The first kappa shape index (κ1) is 11.2. The molecule has 1 aliphatic rings. The Bertz CT molecular complexity index is 573. The summed E-state index contributed by atoms with van der Waals surface area (Å²) in [5, 5.41) is 0.701. The summed E-state index contributed by atoms with van der Waals surface area (Å²) in [5.41, 5.74) is 7.43. The topological polar surface area (TPSA) is 52.0 Å². The van der Waals surface area contributed by atoms with Crippen LogP contribution in [-0.2, 0) is 0 Å². The van der Waals surface area contributed by atoms with Gasteiger partial charge in [-0.05, 0) is 18.9 Å². The van der Waals surface area contributed by atoms with Gasteiger partial charge in [-0.15, -0.1) is 0 Å². The zero-order valence-electron chi connectivity index (χ0n) is 9.17. The highest BCUT2D eigenvalue weighted by Gasteiger charge is 2.23. The average molecular weight is 271 g/mol. The van der Waals surface area contributed by atoms with Crippen LogP contribution in [0.4, 0.5) is 5.69 Å². The molecule has 17 heavy (non-hydrogen) atoms. The third kappa shape index (κ3) is 1.78.